The lowest BCUT2D eigenvalue weighted by molar-refractivity contribution is 0.0628. The third kappa shape index (κ3) is 4.06. The lowest BCUT2D eigenvalue weighted by atomic mass is 10.1. The van der Waals surface area contributed by atoms with Crippen LogP contribution in [0.1, 0.15) is 21.7 Å². The highest BCUT2D eigenvalue weighted by atomic mass is 16.5. The van der Waals surface area contributed by atoms with Crippen molar-refractivity contribution < 1.29 is 9.32 Å². The molecule has 1 saturated heterocycles. The van der Waals surface area contributed by atoms with Crippen LogP contribution in [0.3, 0.4) is 0 Å². The molecule has 1 aliphatic rings. The van der Waals surface area contributed by atoms with Crippen molar-refractivity contribution in [1.82, 2.24) is 19.9 Å². The third-order valence-corrected chi connectivity index (χ3v) is 4.81. The first-order valence-corrected chi connectivity index (χ1v) is 9.15. The summed E-state index contributed by atoms with van der Waals surface area (Å²) in [5.41, 5.74) is 2.82. The minimum Gasteiger partial charge on any atom is -0.336 e. The minimum atomic E-state index is 0.0719. The van der Waals surface area contributed by atoms with Crippen molar-refractivity contribution in [2.24, 2.45) is 0 Å². The standard InChI is InChI=1S/C21H22N4O2/c1-16-22-20(27-23-16)18-7-9-19(10-8-18)21(26)25-13-11-24(12-14-25)15-17-5-3-2-4-6-17/h2-10H,11-15H2,1H3. The number of benzene rings is 2. The molecule has 0 radical (unpaired) electrons. The summed E-state index contributed by atoms with van der Waals surface area (Å²) in [7, 11) is 0. The van der Waals surface area contributed by atoms with Gasteiger partial charge in [0.2, 0.25) is 0 Å². The fourth-order valence-corrected chi connectivity index (χ4v) is 3.30. The van der Waals surface area contributed by atoms with Crippen molar-refractivity contribution in [3.63, 3.8) is 0 Å². The van der Waals surface area contributed by atoms with Gasteiger partial charge in [0.05, 0.1) is 0 Å². The van der Waals surface area contributed by atoms with Gasteiger partial charge in [0, 0.05) is 43.9 Å². The molecule has 0 N–H and O–H groups in total. The quantitative estimate of drug-likeness (QED) is 0.714. The Kier molecular flexibility index (Phi) is 4.98. The Balaban J connectivity index is 1.35. The van der Waals surface area contributed by atoms with Crippen LogP contribution in [0.4, 0.5) is 0 Å². The van der Waals surface area contributed by atoms with Gasteiger partial charge in [-0.25, -0.2) is 0 Å². The summed E-state index contributed by atoms with van der Waals surface area (Å²) in [5.74, 6) is 1.14. The summed E-state index contributed by atoms with van der Waals surface area (Å²) in [5, 5.41) is 3.80. The lowest BCUT2D eigenvalue weighted by Gasteiger charge is -2.34. The number of hydrogen-bond acceptors (Lipinski definition) is 5. The number of rotatable bonds is 4. The molecule has 27 heavy (non-hydrogen) atoms. The van der Waals surface area contributed by atoms with Gasteiger partial charge in [-0.1, -0.05) is 35.5 Å². The Morgan fingerprint density at radius 1 is 1.00 bits per heavy atom. The van der Waals surface area contributed by atoms with Crippen molar-refractivity contribution in [2.75, 3.05) is 26.2 Å². The zero-order valence-electron chi connectivity index (χ0n) is 15.3. The number of carbonyl (C=O) groups excluding carboxylic acids is 1. The van der Waals surface area contributed by atoms with Crippen LogP contribution in [0.25, 0.3) is 11.5 Å². The highest BCUT2D eigenvalue weighted by Crippen LogP contribution is 2.19. The first-order valence-electron chi connectivity index (χ1n) is 9.15. The second-order valence-electron chi connectivity index (χ2n) is 6.78. The molecule has 0 unspecified atom stereocenters. The molecule has 3 aromatic rings. The molecule has 6 nitrogen and oxygen atoms in total. The maximum atomic E-state index is 12.8. The molecule has 1 fully saturated rings. The molecule has 4 rings (SSSR count). The predicted octanol–water partition coefficient (Wildman–Crippen LogP) is 3.00. The molecule has 1 aromatic heterocycles. The number of hydrogen-bond donors (Lipinski definition) is 0. The fraction of sp³-hybridized carbons (Fsp3) is 0.286. The molecule has 1 amide bonds. The number of nitrogens with zero attached hydrogens (tertiary/aromatic N) is 4. The van der Waals surface area contributed by atoms with Gasteiger partial charge < -0.3 is 9.42 Å². The van der Waals surface area contributed by atoms with E-state index in [9.17, 15) is 4.79 Å². The summed E-state index contributed by atoms with van der Waals surface area (Å²) in [6, 6.07) is 17.8. The molecule has 6 heteroatoms. The summed E-state index contributed by atoms with van der Waals surface area (Å²) in [6.07, 6.45) is 0. The number of carbonyl (C=O) groups is 1. The number of amides is 1. The number of piperazine rings is 1. The second-order valence-corrected chi connectivity index (χ2v) is 6.78. The van der Waals surface area contributed by atoms with E-state index in [1.54, 1.807) is 6.92 Å². The molecule has 0 saturated carbocycles. The fourth-order valence-electron chi connectivity index (χ4n) is 3.30. The van der Waals surface area contributed by atoms with Crippen LogP contribution in [-0.4, -0.2) is 52.0 Å². The molecule has 0 atom stereocenters. The summed E-state index contributed by atoms with van der Waals surface area (Å²) >= 11 is 0. The van der Waals surface area contributed by atoms with Crippen molar-refractivity contribution >= 4 is 5.91 Å². The third-order valence-electron chi connectivity index (χ3n) is 4.81. The Hall–Kier alpha value is -2.99. The zero-order chi connectivity index (χ0) is 18.6. The summed E-state index contributed by atoms with van der Waals surface area (Å²) < 4.78 is 5.17. The first-order chi connectivity index (χ1) is 13.2. The molecule has 0 aliphatic carbocycles. The van der Waals surface area contributed by atoms with Crippen molar-refractivity contribution in [3.8, 4) is 11.5 Å². The topological polar surface area (TPSA) is 62.5 Å². The van der Waals surface area contributed by atoms with E-state index in [2.05, 4.69) is 39.3 Å². The van der Waals surface area contributed by atoms with Gasteiger partial charge in [-0.15, -0.1) is 0 Å². The normalized spacial score (nSPS) is 15.1. The Morgan fingerprint density at radius 3 is 2.33 bits per heavy atom. The SMILES string of the molecule is Cc1noc(-c2ccc(C(=O)N3CCN(Cc4ccccc4)CC3)cc2)n1. The molecule has 2 aromatic carbocycles. The zero-order valence-corrected chi connectivity index (χ0v) is 15.3. The van der Waals surface area contributed by atoms with E-state index >= 15 is 0 Å². The van der Waals surface area contributed by atoms with Gasteiger partial charge in [-0.3, -0.25) is 9.69 Å². The molecular formula is C21H22N4O2. The highest BCUT2D eigenvalue weighted by molar-refractivity contribution is 5.94. The first kappa shape index (κ1) is 17.4. The average molecular weight is 362 g/mol. The highest BCUT2D eigenvalue weighted by Gasteiger charge is 2.22. The van der Waals surface area contributed by atoms with Crippen LogP contribution >= 0.6 is 0 Å². The van der Waals surface area contributed by atoms with E-state index in [0.29, 0.717) is 17.3 Å². The monoisotopic (exact) mass is 362 g/mol. The molecule has 0 bridgehead atoms. The molecular weight excluding hydrogens is 340 g/mol. The van der Waals surface area contributed by atoms with E-state index in [4.69, 9.17) is 4.52 Å². The van der Waals surface area contributed by atoms with E-state index in [1.165, 1.54) is 5.56 Å². The maximum absolute atomic E-state index is 12.8. The lowest BCUT2D eigenvalue weighted by Crippen LogP contribution is -2.48. The van der Waals surface area contributed by atoms with Crippen LogP contribution in [-0.2, 0) is 6.54 Å². The number of aryl methyl sites for hydroxylation is 1. The van der Waals surface area contributed by atoms with E-state index in [0.717, 1.165) is 38.3 Å². The molecule has 1 aliphatic heterocycles. The average Bonchev–Trinajstić information content (AvgIpc) is 3.15. The van der Waals surface area contributed by atoms with Crippen LogP contribution in [0, 0.1) is 6.92 Å². The van der Waals surface area contributed by atoms with Gasteiger partial charge >= 0.3 is 0 Å². The van der Waals surface area contributed by atoms with E-state index in [1.807, 2.05) is 35.2 Å². The second kappa shape index (κ2) is 7.72. The van der Waals surface area contributed by atoms with Crippen molar-refractivity contribution in [2.45, 2.75) is 13.5 Å². The minimum absolute atomic E-state index is 0.0719. The Bertz CT molecular complexity index is 897. The van der Waals surface area contributed by atoms with Crippen molar-refractivity contribution in [1.29, 1.82) is 0 Å². The predicted molar refractivity (Wildman–Crippen MR) is 102 cm³/mol. The summed E-state index contributed by atoms with van der Waals surface area (Å²) in [6.45, 7) is 5.98. The number of aromatic nitrogens is 2. The smallest absolute Gasteiger partial charge is 0.257 e. The largest absolute Gasteiger partial charge is 0.336 e. The van der Waals surface area contributed by atoms with Gasteiger partial charge in [0.25, 0.3) is 11.8 Å². The summed E-state index contributed by atoms with van der Waals surface area (Å²) in [4.78, 5) is 21.3. The van der Waals surface area contributed by atoms with E-state index < -0.39 is 0 Å². The molecule has 0 spiro atoms. The Labute approximate surface area is 158 Å². The van der Waals surface area contributed by atoms with Gasteiger partial charge in [0.15, 0.2) is 5.82 Å². The van der Waals surface area contributed by atoms with Gasteiger partial charge in [-0.2, -0.15) is 4.98 Å². The van der Waals surface area contributed by atoms with Crippen LogP contribution in [0.2, 0.25) is 0 Å². The molecule has 138 valence electrons. The van der Waals surface area contributed by atoms with Crippen LogP contribution < -0.4 is 0 Å². The Morgan fingerprint density at radius 2 is 1.70 bits per heavy atom. The van der Waals surface area contributed by atoms with Gasteiger partial charge in [-0.05, 0) is 36.8 Å². The van der Waals surface area contributed by atoms with E-state index in [-0.39, 0.29) is 5.91 Å². The van der Waals surface area contributed by atoms with Crippen molar-refractivity contribution in [3.05, 3.63) is 71.5 Å². The maximum Gasteiger partial charge on any atom is 0.257 e. The van der Waals surface area contributed by atoms with Gasteiger partial charge in [0.1, 0.15) is 0 Å². The van der Waals surface area contributed by atoms with Crippen LogP contribution in [0.15, 0.2) is 59.1 Å². The molecule has 2 heterocycles. The van der Waals surface area contributed by atoms with Crippen LogP contribution in [0.5, 0.6) is 0 Å².